The number of imidazole rings is 1. The summed E-state index contributed by atoms with van der Waals surface area (Å²) in [5.41, 5.74) is 9.52. The third-order valence-corrected chi connectivity index (χ3v) is 9.73. The van der Waals surface area contributed by atoms with E-state index in [1.165, 1.54) is 35.9 Å². The molecule has 5 nitrogen and oxygen atoms in total. The fraction of sp³-hybridized carbons (Fsp3) is 0.189. The molecule has 2 aliphatic rings. The predicted octanol–water partition coefficient (Wildman–Crippen LogP) is 8.34. The van der Waals surface area contributed by atoms with Gasteiger partial charge < -0.3 is 4.40 Å². The number of hydrogen-bond acceptors (Lipinski definition) is 4. The molecule has 211 valence electrons. The maximum atomic E-state index is 5.20. The van der Waals surface area contributed by atoms with E-state index in [1.54, 1.807) is 0 Å². The van der Waals surface area contributed by atoms with E-state index in [4.69, 9.17) is 19.9 Å². The van der Waals surface area contributed by atoms with Crippen LogP contribution in [0.15, 0.2) is 97.2 Å². The van der Waals surface area contributed by atoms with E-state index in [1.807, 2.05) is 72.8 Å². The topological polar surface area (TPSA) is 56.0 Å². The van der Waals surface area contributed by atoms with E-state index in [9.17, 15) is 0 Å². The summed E-state index contributed by atoms with van der Waals surface area (Å²) >= 11 is 0. The zero-order chi connectivity index (χ0) is 28.1. The third-order valence-electron chi connectivity index (χ3n) is 9.73. The summed E-state index contributed by atoms with van der Waals surface area (Å²) in [5, 5.41) is 1.99. The number of aromatic nitrogens is 5. The van der Waals surface area contributed by atoms with Crippen molar-refractivity contribution in [3.05, 3.63) is 114 Å². The first kappa shape index (κ1) is 26.4. The Morgan fingerprint density at radius 1 is 0.698 bits per heavy atom. The van der Waals surface area contributed by atoms with Gasteiger partial charge in [0.1, 0.15) is 5.82 Å². The molecule has 43 heavy (non-hydrogen) atoms. The SMILES string of the molecule is CC12CCC(C)(C1)c1cc3c(cc12)nc1c2[c-]ccc(-c4nc(-c5ccccc5)nc(-c5ccccc5)n4)c2ccn31.[Ir]. The van der Waals surface area contributed by atoms with Gasteiger partial charge in [-0.3, -0.25) is 4.98 Å². The summed E-state index contributed by atoms with van der Waals surface area (Å²) in [6.45, 7) is 4.88. The Bertz CT molecular complexity index is 2150. The molecule has 2 aliphatic carbocycles. The first-order valence-electron chi connectivity index (χ1n) is 14.7. The standard InChI is InChI=1S/C37H28N5.Ir/c1-36-17-18-37(2,22-36)29-21-31-30(20-28(29)36)38-35-27-15-9-14-26(25(27)16-19-42(31)35)34-40-32(23-10-5-3-6-11-23)39-33(41-34)24-12-7-4-8-13-24;/h3-14,16,19-21H,17-18,22H2,1-2H3;/q-1;. The van der Waals surface area contributed by atoms with Crippen LogP contribution in [0.1, 0.15) is 44.2 Å². The number of hydrogen-bond donors (Lipinski definition) is 0. The minimum absolute atomic E-state index is 0. The van der Waals surface area contributed by atoms with Gasteiger partial charge in [-0.25, -0.2) is 15.0 Å². The summed E-state index contributed by atoms with van der Waals surface area (Å²) < 4.78 is 2.23. The van der Waals surface area contributed by atoms with Crippen LogP contribution in [0.4, 0.5) is 0 Å². The van der Waals surface area contributed by atoms with Gasteiger partial charge in [0.2, 0.25) is 0 Å². The number of benzene rings is 4. The molecule has 3 heterocycles. The Kier molecular flexibility index (Phi) is 5.75. The van der Waals surface area contributed by atoms with E-state index in [0.717, 1.165) is 38.6 Å². The van der Waals surface area contributed by atoms with Crippen LogP contribution >= 0.6 is 0 Å². The van der Waals surface area contributed by atoms with Gasteiger partial charge in [-0.15, -0.1) is 23.6 Å². The van der Waals surface area contributed by atoms with Crippen LogP contribution in [-0.4, -0.2) is 24.3 Å². The van der Waals surface area contributed by atoms with Gasteiger partial charge >= 0.3 is 0 Å². The van der Waals surface area contributed by atoms with Crippen molar-refractivity contribution in [2.45, 2.75) is 43.9 Å². The number of rotatable bonds is 3. The van der Waals surface area contributed by atoms with Gasteiger partial charge in [-0.2, -0.15) is 0 Å². The third kappa shape index (κ3) is 3.86. The fourth-order valence-electron chi connectivity index (χ4n) is 7.66. The van der Waals surface area contributed by atoms with Crippen molar-refractivity contribution in [3.63, 3.8) is 0 Å². The molecule has 2 bridgehead atoms. The fourth-order valence-corrected chi connectivity index (χ4v) is 7.66. The molecule has 6 heteroatoms. The van der Waals surface area contributed by atoms with Gasteiger partial charge in [-0.1, -0.05) is 91.5 Å². The molecule has 1 saturated carbocycles. The summed E-state index contributed by atoms with van der Waals surface area (Å²) in [6.07, 6.45) is 5.91. The predicted molar refractivity (Wildman–Crippen MR) is 167 cm³/mol. The molecule has 9 rings (SSSR count). The average molecular weight is 735 g/mol. The number of fused-ring (bicyclic) bond motifs is 10. The molecule has 7 aromatic rings. The molecule has 0 aliphatic heterocycles. The van der Waals surface area contributed by atoms with Gasteiger partial charge in [0.05, 0.1) is 16.7 Å². The largest absolute Gasteiger partial charge is 0.341 e. The van der Waals surface area contributed by atoms with Crippen molar-refractivity contribution in [3.8, 4) is 34.2 Å². The second-order valence-electron chi connectivity index (χ2n) is 12.5. The van der Waals surface area contributed by atoms with E-state index in [2.05, 4.69) is 48.7 Å². The summed E-state index contributed by atoms with van der Waals surface area (Å²) in [7, 11) is 0. The quantitative estimate of drug-likeness (QED) is 0.172. The van der Waals surface area contributed by atoms with Gasteiger partial charge in [0.25, 0.3) is 0 Å². The summed E-state index contributed by atoms with van der Waals surface area (Å²) in [4.78, 5) is 20.1. The second-order valence-corrected chi connectivity index (χ2v) is 12.5. The molecule has 3 aromatic heterocycles. The van der Waals surface area contributed by atoms with Crippen LogP contribution < -0.4 is 0 Å². The molecule has 0 amide bonds. The molecule has 0 saturated heterocycles. The van der Waals surface area contributed by atoms with E-state index < -0.39 is 0 Å². The normalized spacial score (nSPS) is 20.5. The minimum atomic E-state index is 0. The average Bonchev–Trinajstić information content (AvgIpc) is 3.64. The van der Waals surface area contributed by atoms with Crippen molar-refractivity contribution >= 4 is 27.5 Å². The number of pyridine rings is 1. The smallest absolute Gasteiger partial charge is 0.164 e. The molecule has 2 unspecified atom stereocenters. The van der Waals surface area contributed by atoms with Crippen LogP contribution in [0, 0.1) is 6.07 Å². The van der Waals surface area contributed by atoms with Gasteiger partial charge in [-0.05, 0) is 59.5 Å². The minimum Gasteiger partial charge on any atom is -0.341 e. The molecular weight excluding hydrogens is 707 g/mol. The van der Waals surface area contributed by atoms with Crippen molar-refractivity contribution in [2.75, 3.05) is 0 Å². The molecule has 2 atom stereocenters. The Labute approximate surface area is 263 Å². The second kappa shape index (κ2) is 9.37. The number of nitrogens with zero attached hydrogens (tertiary/aromatic N) is 5. The van der Waals surface area contributed by atoms with Crippen molar-refractivity contribution in [1.82, 2.24) is 24.3 Å². The van der Waals surface area contributed by atoms with Gasteiger partial charge in [0, 0.05) is 31.2 Å². The Hall–Kier alpha value is -4.25. The monoisotopic (exact) mass is 735 g/mol. The van der Waals surface area contributed by atoms with E-state index in [-0.39, 0.29) is 30.9 Å². The van der Waals surface area contributed by atoms with Crippen molar-refractivity contribution in [1.29, 1.82) is 0 Å². The maximum absolute atomic E-state index is 5.20. The zero-order valence-electron chi connectivity index (χ0n) is 23.9. The molecule has 0 N–H and O–H groups in total. The molecule has 1 fully saturated rings. The first-order chi connectivity index (χ1) is 20.5. The van der Waals surface area contributed by atoms with Crippen LogP contribution in [0.25, 0.3) is 61.6 Å². The van der Waals surface area contributed by atoms with Crippen molar-refractivity contribution in [2.24, 2.45) is 0 Å². The van der Waals surface area contributed by atoms with Crippen LogP contribution in [-0.2, 0) is 30.9 Å². The van der Waals surface area contributed by atoms with Gasteiger partial charge in [0.15, 0.2) is 11.6 Å². The summed E-state index contributed by atoms with van der Waals surface area (Å²) in [5.74, 6) is 1.94. The molecular formula is C37H28IrN5-. The Balaban J connectivity index is 0.00000278. The summed E-state index contributed by atoms with van der Waals surface area (Å²) in [6, 6.07) is 34.6. The van der Waals surface area contributed by atoms with Crippen molar-refractivity contribution < 1.29 is 20.1 Å². The van der Waals surface area contributed by atoms with E-state index >= 15 is 0 Å². The van der Waals surface area contributed by atoms with Crippen LogP contribution in [0.2, 0.25) is 0 Å². The first-order valence-corrected chi connectivity index (χ1v) is 14.7. The maximum Gasteiger partial charge on any atom is 0.164 e. The van der Waals surface area contributed by atoms with Crippen LogP contribution in [0.5, 0.6) is 0 Å². The Morgan fingerprint density at radius 2 is 1.30 bits per heavy atom. The zero-order valence-corrected chi connectivity index (χ0v) is 26.3. The molecule has 4 aromatic carbocycles. The Morgan fingerprint density at radius 3 is 1.95 bits per heavy atom. The molecule has 1 radical (unpaired) electrons. The van der Waals surface area contributed by atoms with Crippen LogP contribution in [0.3, 0.4) is 0 Å². The van der Waals surface area contributed by atoms with E-state index in [0.29, 0.717) is 17.5 Å². The molecule has 0 spiro atoms.